The fourth-order valence-corrected chi connectivity index (χ4v) is 15.5. The minimum absolute atomic E-state index is 0.0381. The topological polar surface area (TPSA) is 521 Å². The highest BCUT2D eigenvalue weighted by Gasteiger charge is 2.45. The summed E-state index contributed by atoms with van der Waals surface area (Å²) < 4.78 is 94.7. The van der Waals surface area contributed by atoms with Crippen LogP contribution >= 0.6 is 0 Å². The minimum atomic E-state index is -1.86. The molecule has 0 saturated carbocycles. The van der Waals surface area contributed by atoms with Gasteiger partial charge in [0.05, 0.1) is 201 Å². The van der Waals surface area contributed by atoms with E-state index in [1.807, 2.05) is 65.0 Å². The zero-order valence-corrected chi connectivity index (χ0v) is 82.9. The number of aliphatic carboxylic acids is 1. The van der Waals surface area contributed by atoms with Gasteiger partial charge < -0.3 is 148 Å². The number of aliphatic hydroxyl groups excluding tert-OH is 3. The van der Waals surface area contributed by atoms with Crippen molar-refractivity contribution in [2.24, 2.45) is 41.2 Å². The molecule has 0 radical (unpaired) electrons. The second-order valence-corrected chi connectivity index (χ2v) is 34.4. The summed E-state index contributed by atoms with van der Waals surface area (Å²) in [4.78, 5) is 156. The van der Waals surface area contributed by atoms with E-state index < -0.39 is 151 Å². The van der Waals surface area contributed by atoms with Gasteiger partial charge in [-0.15, -0.1) is 0 Å². The number of hydrogen-bond acceptors (Lipinski definition) is 32. The minimum Gasteiger partial charge on any atom is -0.475 e. The van der Waals surface area contributed by atoms with Crippen LogP contribution < -0.4 is 37.1 Å². The van der Waals surface area contributed by atoms with Gasteiger partial charge in [-0.2, -0.15) is 0 Å². The van der Waals surface area contributed by atoms with Crippen LogP contribution in [0.4, 0.5) is 10.5 Å². The van der Waals surface area contributed by atoms with Gasteiger partial charge in [-0.05, 0) is 85.1 Å². The number of aliphatic hydroxyl groups is 3. The number of ketones is 2. The summed E-state index contributed by atoms with van der Waals surface area (Å²) in [6.07, 6.45) is -6.06. The molecule has 41 heteroatoms. The first kappa shape index (κ1) is 121. The van der Waals surface area contributed by atoms with Crippen LogP contribution in [-0.4, -0.2) is 375 Å². The SMILES string of the molecule is CCC(=O)NC(CN)C(=O)N[C@@H](CCCCNC(=O)CCOCCOCCOCCOCCOCCOCCOCCOCCOCCOCCOCCOC)C(=O)NCCC(=O)Nc1cc(COC(=O)N(C)[C@H](C(=O)C[C@H](C(=O)N(C)[C@@H]([C@@H](C)CC)[C@@H](CC(=O)N2CCC[C@H]2[C@H](OC)[C@@H](C)C(=O)C[C@H](C)[C@@H](O)c2ccccc2)OC)C(C)C)C(C)C)ccc1O[C@@H]1OC(C(=O)O)=C[C@H](O)[C@H]1O. The maximum absolute atomic E-state index is 15.1. The third kappa shape index (κ3) is 46.1. The third-order valence-corrected chi connectivity index (χ3v) is 23.5. The summed E-state index contributed by atoms with van der Waals surface area (Å²) in [6.45, 7) is 25.3. The lowest BCUT2D eigenvalue weighted by Gasteiger charge is -2.41. The van der Waals surface area contributed by atoms with Crippen LogP contribution in [-0.2, 0) is 130 Å². The van der Waals surface area contributed by atoms with E-state index in [9.17, 15) is 68.4 Å². The number of ether oxygens (including phenoxy) is 17. The van der Waals surface area contributed by atoms with Crippen molar-refractivity contribution in [3.8, 4) is 5.75 Å². The van der Waals surface area contributed by atoms with Gasteiger partial charge in [0.25, 0.3) is 6.29 Å². The molecule has 0 bridgehead atoms. The van der Waals surface area contributed by atoms with E-state index in [-0.39, 0.29) is 130 Å². The number of nitrogens with zero attached hydrogens (tertiary/aromatic N) is 3. The van der Waals surface area contributed by atoms with Gasteiger partial charge >= 0.3 is 12.1 Å². The number of hydrogen-bond donors (Lipinski definition) is 10. The summed E-state index contributed by atoms with van der Waals surface area (Å²) in [5.41, 5.74) is 6.65. The van der Waals surface area contributed by atoms with E-state index in [0.29, 0.717) is 176 Å². The number of unbranched alkanes of at least 4 members (excludes halogenated alkanes) is 1. The monoisotopic (exact) mass is 1950 g/mol. The lowest BCUT2D eigenvalue weighted by molar-refractivity contribution is -0.172. The number of amides is 8. The van der Waals surface area contributed by atoms with Gasteiger partial charge in [0.15, 0.2) is 11.9 Å². The number of benzene rings is 2. The molecular formula is C96H159N9O32. The number of anilines is 1. The quantitative estimate of drug-likeness (QED) is 0.0408. The van der Waals surface area contributed by atoms with Crippen molar-refractivity contribution >= 4 is 70.7 Å². The van der Waals surface area contributed by atoms with Crippen LogP contribution in [0.1, 0.15) is 157 Å². The highest BCUT2D eigenvalue weighted by atomic mass is 16.7. The molecule has 0 aliphatic carbocycles. The van der Waals surface area contributed by atoms with Crippen LogP contribution in [0.5, 0.6) is 5.75 Å². The van der Waals surface area contributed by atoms with Gasteiger partial charge in [-0.25, -0.2) is 9.59 Å². The molecule has 2 aromatic carbocycles. The third-order valence-electron chi connectivity index (χ3n) is 23.5. The number of carbonyl (C=O) groups is 11. The molecule has 2 aromatic rings. The molecule has 1 unspecified atom stereocenters. The Kier molecular flexibility index (Phi) is 61.8. The normalized spacial score (nSPS) is 17.3. The van der Waals surface area contributed by atoms with Crippen molar-refractivity contribution in [1.82, 2.24) is 36.0 Å². The highest BCUT2D eigenvalue weighted by molar-refractivity contribution is 5.95. The number of carbonyl (C=O) groups excluding carboxylic acids is 10. The Morgan fingerprint density at radius 1 is 0.577 bits per heavy atom. The van der Waals surface area contributed by atoms with Crippen LogP contribution in [0.3, 0.4) is 0 Å². The zero-order chi connectivity index (χ0) is 101. The number of Topliss-reactive ketones (excluding diaryl/α,β-unsaturated/α-hetero) is 2. The summed E-state index contributed by atoms with van der Waals surface area (Å²) in [5.74, 6) is -9.77. The number of rotatable bonds is 78. The molecule has 0 aromatic heterocycles. The molecule has 780 valence electrons. The van der Waals surface area contributed by atoms with Crippen molar-refractivity contribution in [3.05, 3.63) is 71.5 Å². The number of carboxylic acids is 1. The first-order valence-electron chi connectivity index (χ1n) is 47.8. The molecule has 137 heavy (non-hydrogen) atoms. The second kappa shape index (κ2) is 70.1. The standard InChI is InChI=1S/C96H159N9O32/c1-15-66(7)87(80(122-13)61-85(112)105-33-22-26-75(105)90(123-14)68(9)76(106)57-67(8)88(113)70-23-18-17-19-24-70)103(10)93(117)71(64(3)4)59-77(107)86(65(5)6)104(11)96(120)135-63-69-27-28-79(136-95-89(114)78(108)60-81(137-95)94(118)119)73(58-69)100-84(111)29-32-99-91(115)72(102-92(116)74(62-97)101-82(109)16-2)25-20-21-31-98-83(110)30-34-124-37-38-126-41-42-128-45-46-130-49-50-132-53-54-134-56-55-133-52-51-131-48-47-129-44-43-127-40-39-125-36-35-121-12/h17-19,23-24,27-28,58,60,64-68,71-72,74-75,78,80,86-90,95,108,113-114H,15-16,20-22,25-26,29-57,59,61-63,97H2,1-14H3,(H,98,110)(H,99,115)(H,100,111)(H,101,109)(H,102,116)(H,118,119)/t66-,67-,68-,71-,72-,74?,75-,78-,80+,86-,87-,88+,89+,90+,95+/m0/s1. The van der Waals surface area contributed by atoms with Crippen LogP contribution in [0.15, 0.2) is 60.4 Å². The lowest BCUT2D eigenvalue weighted by atomic mass is 9.83. The first-order chi connectivity index (χ1) is 65.8. The van der Waals surface area contributed by atoms with E-state index in [1.165, 1.54) is 39.5 Å². The van der Waals surface area contributed by atoms with Crippen LogP contribution in [0.25, 0.3) is 0 Å². The van der Waals surface area contributed by atoms with Gasteiger partial charge in [-0.3, -0.25) is 43.2 Å². The van der Waals surface area contributed by atoms with Gasteiger partial charge in [0.1, 0.15) is 36.3 Å². The van der Waals surface area contributed by atoms with E-state index in [0.717, 1.165) is 11.0 Å². The highest BCUT2D eigenvalue weighted by Crippen LogP contribution is 2.35. The lowest BCUT2D eigenvalue weighted by Crippen LogP contribution is -2.56. The smallest absolute Gasteiger partial charge is 0.410 e. The molecule has 1 saturated heterocycles. The predicted octanol–water partition coefficient (Wildman–Crippen LogP) is 4.47. The number of methoxy groups -OCH3 is 3. The number of likely N-dealkylation sites (tertiary alicyclic amines) is 1. The Balaban J connectivity index is 1.27. The summed E-state index contributed by atoms with van der Waals surface area (Å²) in [7, 11) is 7.66. The van der Waals surface area contributed by atoms with Gasteiger partial charge in [0.2, 0.25) is 47.1 Å². The Morgan fingerprint density at radius 2 is 1.12 bits per heavy atom. The van der Waals surface area contributed by atoms with Crippen molar-refractivity contribution < 1.29 is 154 Å². The van der Waals surface area contributed by atoms with E-state index in [4.69, 9.17) is 86.3 Å². The number of nitrogens with one attached hydrogen (secondary N) is 5. The average molecular weight is 1950 g/mol. The van der Waals surface area contributed by atoms with Crippen LogP contribution in [0.2, 0.25) is 0 Å². The predicted molar refractivity (Wildman–Crippen MR) is 502 cm³/mol. The van der Waals surface area contributed by atoms with Gasteiger partial charge in [0, 0.05) is 106 Å². The molecule has 0 spiro atoms. The van der Waals surface area contributed by atoms with E-state index in [2.05, 4.69) is 26.6 Å². The van der Waals surface area contributed by atoms with Crippen molar-refractivity contribution in [3.63, 3.8) is 0 Å². The Bertz CT molecular complexity index is 3840. The first-order valence-corrected chi connectivity index (χ1v) is 47.8. The summed E-state index contributed by atoms with van der Waals surface area (Å²) in [6, 6.07) is 8.53. The fraction of sp³-hybridized carbons (Fsp3) is 0.740. The second-order valence-electron chi connectivity index (χ2n) is 34.4. The molecule has 41 nitrogen and oxygen atoms in total. The van der Waals surface area contributed by atoms with Crippen molar-refractivity contribution in [2.75, 3.05) is 219 Å². The van der Waals surface area contributed by atoms with Crippen molar-refractivity contribution in [2.45, 2.75) is 213 Å². The molecular weight excluding hydrogens is 1790 g/mol. The van der Waals surface area contributed by atoms with Gasteiger partial charge in [-0.1, -0.05) is 105 Å². The number of nitrogens with two attached hydrogens (primary N) is 1. The Morgan fingerprint density at radius 3 is 1.62 bits per heavy atom. The average Bonchev–Trinajstić information content (AvgIpc) is 1.78. The maximum Gasteiger partial charge on any atom is 0.410 e. The van der Waals surface area contributed by atoms with E-state index >= 15 is 4.79 Å². The van der Waals surface area contributed by atoms with E-state index in [1.54, 1.807) is 51.7 Å². The number of likely N-dealkylation sites (N-methyl/N-ethyl adjacent to an activating group) is 2. The van der Waals surface area contributed by atoms with Crippen LogP contribution in [0, 0.1) is 35.5 Å². The maximum atomic E-state index is 15.1. The molecule has 2 heterocycles. The summed E-state index contributed by atoms with van der Waals surface area (Å²) >= 11 is 0. The summed E-state index contributed by atoms with van der Waals surface area (Å²) in [5, 5.41) is 55.6. The molecule has 2 aliphatic rings. The molecule has 15 atom stereocenters. The Hall–Kier alpha value is -8.57. The molecule has 4 rings (SSSR count). The van der Waals surface area contributed by atoms with Crippen molar-refractivity contribution in [1.29, 1.82) is 0 Å². The molecule has 1 fully saturated rings. The molecule has 11 N–H and O–H groups in total. The zero-order valence-electron chi connectivity index (χ0n) is 82.9. The largest absolute Gasteiger partial charge is 0.475 e. The fourth-order valence-electron chi connectivity index (χ4n) is 15.5. The Labute approximate surface area is 807 Å². The number of carboxylic acid groups (broad SMARTS) is 1. The molecule has 2 aliphatic heterocycles. The molecule has 8 amide bonds.